The molecule has 0 spiro atoms. The third-order valence-electron chi connectivity index (χ3n) is 7.04. The molecule has 4 aromatic rings. The van der Waals surface area contributed by atoms with Crippen molar-refractivity contribution in [3.8, 4) is 5.75 Å². The van der Waals surface area contributed by atoms with Crippen LogP contribution in [-0.4, -0.2) is 42.3 Å². The van der Waals surface area contributed by atoms with Gasteiger partial charge >= 0.3 is 11.9 Å². The third kappa shape index (κ3) is 6.14. The molecule has 1 atom stereocenters. The van der Waals surface area contributed by atoms with E-state index in [-0.39, 0.29) is 24.3 Å². The zero-order chi connectivity index (χ0) is 30.7. The minimum absolute atomic E-state index is 0.201. The smallest absolute Gasteiger partial charge is 0.338 e. The molecule has 0 unspecified atom stereocenters. The van der Waals surface area contributed by atoms with E-state index in [0.29, 0.717) is 31.9 Å². The molecule has 1 aliphatic rings. The van der Waals surface area contributed by atoms with Crippen molar-refractivity contribution in [1.29, 1.82) is 0 Å². The van der Waals surface area contributed by atoms with Gasteiger partial charge in [-0.25, -0.2) is 14.6 Å². The Morgan fingerprint density at radius 2 is 1.74 bits per heavy atom. The molecule has 5 rings (SSSR count). The fourth-order valence-electron chi connectivity index (χ4n) is 4.84. The van der Waals surface area contributed by atoms with Gasteiger partial charge in [0.2, 0.25) is 0 Å². The number of aromatic nitrogens is 1. The van der Waals surface area contributed by atoms with Gasteiger partial charge in [-0.2, -0.15) is 0 Å². The molecule has 0 amide bonds. The molecule has 1 aliphatic heterocycles. The minimum Gasteiger partial charge on any atom is -0.488 e. The summed E-state index contributed by atoms with van der Waals surface area (Å²) in [6.45, 7) is 3.93. The number of anilines is 1. The monoisotopic (exact) mass is 597 g/mol. The van der Waals surface area contributed by atoms with Gasteiger partial charge in [-0.1, -0.05) is 53.8 Å². The van der Waals surface area contributed by atoms with Crippen molar-refractivity contribution in [2.45, 2.75) is 26.5 Å². The zero-order valence-electron chi connectivity index (χ0n) is 24.2. The van der Waals surface area contributed by atoms with E-state index in [9.17, 15) is 14.4 Å². The number of hydrogen-bond donors (Lipinski definition) is 1. The maximum absolute atomic E-state index is 14.0. The second-order valence-electron chi connectivity index (χ2n) is 10.1. The number of carbonyl (C=O) groups excluding carboxylic acids is 1. The van der Waals surface area contributed by atoms with E-state index in [1.54, 1.807) is 36.6 Å². The highest BCUT2D eigenvalue weighted by Crippen LogP contribution is 2.31. The molecule has 3 aromatic carbocycles. The number of allylic oxidation sites excluding steroid dienone is 1. The predicted octanol–water partition coefficient (Wildman–Crippen LogP) is 4.14. The number of hydrogen-bond acceptors (Lipinski definition) is 8. The third-order valence-corrected chi connectivity index (χ3v) is 8.03. The topological polar surface area (TPSA) is 110 Å². The Balaban J connectivity index is 1.55. The van der Waals surface area contributed by atoms with Gasteiger partial charge in [0.25, 0.3) is 5.56 Å². The van der Waals surface area contributed by atoms with E-state index in [2.05, 4.69) is 4.99 Å². The van der Waals surface area contributed by atoms with Gasteiger partial charge in [-0.05, 0) is 61.4 Å². The first-order valence-electron chi connectivity index (χ1n) is 13.7. The molecule has 1 N–H and O–H groups in total. The van der Waals surface area contributed by atoms with Gasteiger partial charge in [0.05, 0.1) is 34.0 Å². The molecule has 10 heteroatoms. The lowest BCUT2D eigenvalue weighted by molar-refractivity contribution is -0.139. The molecule has 0 radical (unpaired) electrons. The van der Waals surface area contributed by atoms with Crippen molar-refractivity contribution in [2.75, 3.05) is 25.6 Å². The number of aromatic carboxylic acids is 1. The molecule has 43 heavy (non-hydrogen) atoms. The number of ether oxygens (including phenoxy) is 2. The summed E-state index contributed by atoms with van der Waals surface area (Å²) in [7, 11) is 3.89. The molecule has 2 heterocycles. The number of benzene rings is 3. The average molecular weight is 598 g/mol. The fourth-order valence-corrected chi connectivity index (χ4v) is 5.88. The van der Waals surface area contributed by atoms with Crippen LogP contribution in [0, 0.1) is 0 Å². The Labute approximate surface area is 252 Å². The largest absolute Gasteiger partial charge is 0.488 e. The number of carboxylic acid groups (broad SMARTS) is 1. The van der Waals surface area contributed by atoms with Crippen molar-refractivity contribution in [2.24, 2.45) is 4.99 Å². The quantitative estimate of drug-likeness (QED) is 0.289. The first kappa shape index (κ1) is 29.5. The van der Waals surface area contributed by atoms with Gasteiger partial charge in [-0.3, -0.25) is 9.36 Å². The summed E-state index contributed by atoms with van der Waals surface area (Å²) < 4.78 is 13.5. The maximum Gasteiger partial charge on any atom is 0.338 e. The molecular weight excluding hydrogens is 566 g/mol. The number of para-hydroxylation sites is 1. The summed E-state index contributed by atoms with van der Waals surface area (Å²) in [5, 5.41) is 9.14. The van der Waals surface area contributed by atoms with Crippen LogP contribution in [0.25, 0.3) is 6.08 Å². The van der Waals surface area contributed by atoms with E-state index in [1.807, 2.05) is 67.5 Å². The van der Waals surface area contributed by atoms with E-state index in [4.69, 9.17) is 14.6 Å². The normalized spacial score (nSPS) is 14.6. The van der Waals surface area contributed by atoms with Crippen LogP contribution in [0.5, 0.6) is 5.75 Å². The van der Waals surface area contributed by atoms with Gasteiger partial charge in [-0.15, -0.1) is 0 Å². The molecule has 0 saturated heterocycles. The number of esters is 1. The van der Waals surface area contributed by atoms with Crippen molar-refractivity contribution < 1.29 is 24.2 Å². The van der Waals surface area contributed by atoms with Crippen molar-refractivity contribution >= 4 is 35.0 Å². The zero-order valence-corrected chi connectivity index (χ0v) is 25.1. The van der Waals surface area contributed by atoms with Gasteiger partial charge in [0, 0.05) is 25.3 Å². The van der Waals surface area contributed by atoms with Crippen LogP contribution < -0.4 is 24.5 Å². The van der Waals surface area contributed by atoms with Crippen LogP contribution in [0.2, 0.25) is 0 Å². The van der Waals surface area contributed by atoms with Crippen LogP contribution in [0.3, 0.4) is 0 Å². The Morgan fingerprint density at radius 1 is 1.05 bits per heavy atom. The Morgan fingerprint density at radius 3 is 2.40 bits per heavy atom. The van der Waals surface area contributed by atoms with E-state index in [1.165, 1.54) is 23.5 Å². The Kier molecular flexibility index (Phi) is 8.58. The second-order valence-corrected chi connectivity index (χ2v) is 11.1. The van der Waals surface area contributed by atoms with Gasteiger partial charge < -0.3 is 19.5 Å². The van der Waals surface area contributed by atoms with Crippen LogP contribution in [-0.2, 0) is 16.1 Å². The number of fused-ring (bicyclic) bond motifs is 1. The second kappa shape index (κ2) is 12.5. The lowest BCUT2D eigenvalue weighted by atomic mass is 9.95. The van der Waals surface area contributed by atoms with E-state index in [0.717, 1.165) is 16.8 Å². The summed E-state index contributed by atoms with van der Waals surface area (Å²) >= 11 is 1.24. The van der Waals surface area contributed by atoms with Gasteiger partial charge in [0.1, 0.15) is 12.4 Å². The van der Waals surface area contributed by atoms with Gasteiger partial charge in [0.15, 0.2) is 4.80 Å². The van der Waals surface area contributed by atoms with Crippen LogP contribution in [0.15, 0.2) is 93.9 Å². The first-order valence-corrected chi connectivity index (χ1v) is 14.5. The molecule has 0 bridgehead atoms. The number of nitrogens with zero attached hydrogens (tertiary/aromatic N) is 3. The molecule has 220 valence electrons. The summed E-state index contributed by atoms with van der Waals surface area (Å²) in [6, 6.07) is 20.9. The standard InChI is InChI=1S/C33H31N3O6S/c1-5-41-32(40)28-20(2)34-33-36(29(28)22-14-16-25(17-15-22)35(3)4)30(37)27(43-33)18-24-8-6-7-9-26(24)42-19-21-10-12-23(13-11-21)31(38)39/h6-18,29H,5,19H2,1-4H3,(H,38,39)/b27-18-/t29-/m0/s1. The maximum atomic E-state index is 14.0. The molecular formula is C33H31N3O6S. The van der Waals surface area contributed by atoms with Crippen LogP contribution >= 0.6 is 11.3 Å². The first-order chi connectivity index (χ1) is 20.7. The van der Waals surface area contributed by atoms with E-state index < -0.39 is 18.0 Å². The van der Waals surface area contributed by atoms with Crippen LogP contribution in [0.1, 0.15) is 46.9 Å². The van der Waals surface area contributed by atoms with Crippen molar-refractivity contribution in [3.63, 3.8) is 0 Å². The molecule has 0 saturated carbocycles. The molecule has 0 aliphatic carbocycles. The van der Waals surface area contributed by atoms with Crippen molar-refractivity contribution in [3.05, 3.63) is 126 Å². The lowest BCUT2D eigenvalue weighted by Gasteiger charge is -2.25. The highest BCUT2D eigenvalue weighted by atomic mass is 32.1. The highest BCUT2D eigenvalue weighted by Gasteiger charge is 2.33. The minimum atomic E-state index is -0.989. The SMILES string of the molecule is CCOC(=O)C1=C(C)N=c2s/c(=C\c3ccccc3OCc3ccc(C(=O)O)cc3)c(=O)n2[C@H]1c1ccc(N(C)C)cc1. The fraction of sp³-hybridized carbons (Fsp3) is 0.212. The number of carbonyl (C=O) groups is 2. The van der Waals surface area contributed by atoms with Crippen molar-refractivity contribution in [1.82, 2.24) is 4.57 Å². The number of carboxylic acids is 1. The lowest BCUT2D eigenvalue weighted by Crippen LogP contribution is -2.40. The summed E-state index contributed by atoms with van der Waals surface area (Å²) in [6.07, 6.45) is 1.77. The summed E-state index contributed by atoms with van der Waals surface area (Å²) in [5.74, 6) is -0.929. The number of thiazole rings is 1. The Bertz CT molecular complexity index is 1890. The molecule has 1 aromatic heterocycles. The molecule has 9 nitrogen and oxygen atoms in total. The molecule has 0 fully saturated rings. The van der Waals surface area contributed by atoms with E-state index >= 15 is 0 Å². The average Bonchev–Trinajstić information content (AvgIpc) is 3.30. The summed E-state index contributed by atoms with van der Waals surface area (Å²) in [5.41, 5.74) is 4.02. The summed E-state index contributed by atoms with van der Waals surface area (Å²) in [4.78, 5) is 45.4. The Hall–Kier alpha value is -4.96. The van der Waals surface area contributed by atoms with Crippen LogP contribution in [0.4, 0.5) is 5.69 Å². The predicted molar refractivity (Wildman–Crippen MR) is 165 cm³/mol. The number of rotatable bonds is 9. The highest BCUT2D eigenvalue weighted by molar-refractivity contribution is 7.07.